The number of nitrogens with zero attached hydrogens (tertiary/aromatic N) is 2. The SMILES string of the molecule is CN(CCC(=O)O)C(=O)N1CC2CC3CC2C1C3O. The third kappa shape index (κ3) is 1.89. The van der Waals surface area contributed by atoms with Crippen molar-refractivity contribution in [1.82, 2.24) is 9.80 Å². The summed E-state index contributed by atoms with van der Waals surface area (Å²) in [6.45, 7) is 0.936. The number of urea groups is 1. The van der Waals surface area contributed by atoms with Crippen LogP contribution in [-0.2, 0) is 4.79 Å². The number of hydrogen-bond acceptors (Lipinski definition) is 3. The normalized spacial score (nSPS) is 38.8. The van der Waals surface area contributed by atoms with Gasteiger partial charge >= 0.3 is 12.0 Å². The molecule has 2 bridgehead atoms. The number of carboxylic acids is 1. The number of carboxylic acid groups (broad SMARTS) is 1. The van der Waals surface area contributed by atoms with Crippen LogP contribution in [0.4, 0.5) is 4.79 Å². The Bertz CT molecular complexity index is 411. The second-order valence-electron chi connectivity index (χ2n) is 6.14. The lowest BCUT2D eigenvalue weighted by molar-refractivity contribution is -0.137. The summed E-state index contributed by atoms with van der Waals surface area (Å²) < 4.78 is 0. The zero-order chi connectivity index (χ0) is 13.7. The van der Waals surface area contributed by atoms with Gasteiger partial charge in [-0.25, -0.2) is 4.79 Å². The van der Waals surface area contributed by atoms with Gasteiger partial charge in [0.2, 0.25) is 0 Å². The van der Waals surface area contributed by atoms with E-state index in [1.165, 1.54) is 4.90 Å². The Morgan fingerprint density at radius 3 is 2.68 bits per heavy atom. The lowest BCUT2D eigenvalue weighted by atomic mass is 9.88. The average molecular weight is 268 g/mol. The maximum atomic E-state index is 12.4. The standard InChI is InChI=1S/C13H20N2O4/c1-14(3-2-10(16)17)13(19)15-6-8-4-7-5-9(8)11(15)12(7)18/h7-9,11-12,18H,2-6H2,1H3,(H,16,17). The van der Waals surface area contributed by atoms with Gasteiger partial charge in [-0.3, -0.25) is 4.79 Å². The monoisotopic (exact) mass is 268 g/mol. The van der Waals surface area contributed by atoms with Crippen LogP contribution in [0.5, 0.6) is 0 Å². The van der Waals surface area contributed by atoms with E-state index >= 15 is 0 Å². The van der Waals surface area contributed by atoms with Gasteiger partial charge in [0.05, 0.1) is 18.6 Å². The number of aliphatic carboxylic acids is 1. The molecule has 6 heteroatoms. The maximum Gasteiger partial charge on any atom is 0.320 e. The summed E-state index contributed by atoms with van der Waals surface area (Å²) in [7, 11) is 1.63. The van der Waals surface area contributed by atoms with Gasteiger partial charge in [-0.15, -0.1) is 0 Å². The highest BCUT2D eigenvalue weighted by molar-refractivity contribution is 5.76. The van der Waals surface area contributed by atoms with Gasteiger partial charge in [-0.05, 0) is 30.6 Å². The van der Waals surface area contributed by atoms with E-state index in [0.717, 1.165) is 19.4 Å². The van der Waals surface area contributed by atoms with Gasteiger partial charge in [0.1, 0.15) is 0 Å². The van der Waals surface area contributed by atoms with E-state index in [1.54, 1.807) is 11.9 Å². The molecule has 3 rings (SSSR count). The van der Waals surface area contributed by atoms with Gasteiger partial charge in [0.15, 0.2) is 0 Å². The molecule has 0 aromatic rings. The first kappa shape index (κ1) is 12.7. The molecule has 6 nitrogen and oxygen atoms in total. The zero-order valence-corrected chi connectivity index (χ0v) is 11.0. The van der Waals surface area contributed by atoms with Crippen LogP contribution < -0.4 is 0 Å². The molecule has 0 spiro atoms. The molecule has 1 aliphatic heterocycles. The second kappa shape index (κ2) is 4.37. The molecule has 5 atom stereocenters. The zero-order valence-electron chi connectivity index (χ0n) is 11.0. The summed E-state index contributed by atoms with van der Waals surface area (Å²) in [6.07, 6.45) is 1.64. The molecule has 2 amide bonds. The molecular formula is C13H20N2O4. The summed E-state index contributed by atoms with van der Waals surface area (Å²) in [5.41, 5.74) is 0. The number of amides is 2. The first-order valence-electron chi connectivity index (χ1n) is 6.90. The molecular weight excluding hydrogens is 248 g/mol. The fourth-order valence-corrected chi connectivity index (χ4v) is 4.21. The van der Waals surface area contributed by atoms with Gasteiger partial charge < -0.3 is 20.0 Å². The van der Waals surface area contributed by atoms with Crippen molar-refractivity contribution in [3.63, 3.8) is 0 Å². The highest BCUT2D eigenvalue weighted by Gasteiger charge is 2.60. The molecule has 1 saturated heterocycles. The fraction of sp³-hybridized carbons (Fsp3) is 0.846. The minimum atomic E-state index is -0.901. The van der Waals surface area contributed by atoms with E-state index in [4.69, 9.17) is 5.11 Å². The average Bonchev–Trinajstić information content (AvgIpc) is 2.95. The smallest absolute Gasteiger partial charge is 0.320 e. The Labute approximate surface area is 112 Å². The topological polar surface area (TPSA) is 81.1 Å². The van der Waals surface area contributed by atoms with E-state index in [2.05, 4.69) is 0 Å². The summed E-state index contributed by atoms with van der Waals surface area (Å²) in [4.78, 5) is 26.1. The molecule has 3 aliphatic rings. The van der Waals surface area contributed by atoms with Crippen molar-refractivity contribution in [2.24, 2.45) is 17.8 Å². The molecule has 2 saturated carbocycles. The van der Waals surface area contributed by atoms with Gasteiger partial charge in [0.25, 0.3) is 0 Å². The first-order valence-corrected chi connectivity index (χ1v) is 6.90. The Hall–Kier alpha value is -1.30. The van der Waals surface area contributed by atoms with Crippen molar-refractivity contribution in [2.75, 3.05) is 20.1 Å². The third-order valence-electron chi connectivity index (χ3n) is 5.08. The maximum absolute atomic E-state index is 12.4. The quantitative estimate of drug-likeness (QED) is 0.767. The van der Waals surface area contributed by atoms with E-state index in [-0.39, 0.29) is 31.1 Å². The summed E-state index contributed by atoms with van der Waals surface area (Å²) in [5.74, 6) is 0.455. The van der Waals surface area contributed by atoms with Crippen LogP contribution in [0.25, 0.3) is 0 Å². The Balaban J connectivity index is 1.66. The molecule has 1 heterocycles. The number of fused-ring (bicyclic) bond motifs is 1. The van der Waals surface area contributed by atoms with E-state index in [0.29, 0.717) is 17.8 Å². The third-order valence-corrected chi connectivity index (χ3v) is 5.08. The van der Waals surface area contributed by atoms with Crippen LogP contribution in [0, 0.1) is 17.8 Å². The number of likely N-dealkylation sites (tertiary alicyclic amines) is 1. The van der Waals surface area contributed by atoms with Crippen LogP contribution in [-0.4, -0.2) is 64.3 Å². The minimum absolute atomic E-state index is 0.0384. The van der Waals surface area contributed by atoms with E-state index in [1.807, 2.05) is 0 Å². The second-order valence-corrected chi connectivity index (χ2v) is 6.14. The van der Waals surface area contributed by atoms with Crippen molar-refractivity contribution in [3.05, 3.63) is 0 Å². The van der Waals surface area contributed by atoms with Crippen LogP contribution in [0.2, 0.25) is 0 Å². The predicted octanol–water partition coefficient (Wildman–Crippen LogP) is 0.214. The van der Waals surface area contributed by atoms with Gasteiger partial charge in [0, 0.05) is 20.1 Å². The highest BCUT2D eigenvalue weighted by atomic mass is 16.4. The molecule has 106 valence electrons. The van der Waals surface area contributed by atoms with Crippen molar-refractivity contribution in [3.8, 4) is 0 Å². The number of aliphatic hydroxyl groups excluding tert-OH is 1. The van der Waals surface area contributed by atoms with Crippen molar-refractivity contribution >= 4 is 12.0 Å². The summed E-state index contributed by atoms with van der Waals surface area (Å²) >= 11 is 0. The number of carbonyl (C=O) groups is 2. The van der Waals surface area contributed by atoms with Gasteiger partial charge in [-0.1, -0.05) is 0 Å². The minimum Gasteiger partial charge on any atom is -0.481 e. The van der Waals surface area contributed by atoms with Crippen molar-refractivity contribution in [1.29, 1.82) is 0 Å². The highest BCUT2D eigenvalue weighted by Crippen LogP contribution is 2.54. The Morgan fingerprint density at radius 2 is 2.05 bits per heavy atom. The molecule has 0 radical (unpaired) electrons. The first-order chi connectivity index (χ1) is 8.99. The largest absolute Gasteiger partial charge is 0.481 e. The summed E-state index contributed by atoms with van der Waals surface area (Å²) in [6, 6.07) is -0.177. The predicted molar refractivity (Wildman–Crippen MR) is 66.5 cm³/mol. The molecule has 3 fully saturated rings. The summed E-state index contributed by atoms with van der Waals surface area (Å²) in [5, 5.41) is 18.9. The Kier molecular flexibility index (Phi) is 2.92. The number of carbonyl (C=O) groups excluding carboxylic acids is 1. The lowest BCUT2D eigenvalue weighted by Crippen LogP contribution is -2.48. The van der Waals surface area contributed by atoms with E-state index < -0.39 is 5.97 Å². The van der Waals surface area contributed by atoms with Crippen LogP contribution >= 0.6 is 0 Å². The number of hydrogen-bond donors (Lipinski definition) is 2. The molecule has 2 N–H and O–H groups in total. The van der Waals surface area contributed by atoms with E-state index in [9.17, 15) is 14.7 Å². The Morgan fingerprint density at radius 1 is 1.32 bits per heavy atom. The van der Waals surface area contributed by atoms with Gasteiger partial charge in [-0.2, -0.15) is 0 Å². The molecule has 2 aliphatic carbocycles. The van der Waals surface area contributed by atoms with Crippen molar-refractivity contribution in [2.45, 2.75) is 31.4 Å². The molecule has 0 aromatic carbocycles. The van der Waals surface area contributed by atoms with Crippen LogP contribution in [0.3, 0.4) is 0 Å². The van der Waals surface area contributed by atoms with Crippen LogP contribution in [0.15, 0.2) is 0 Å². The lowest BCUT2D eigenvalue weighted by Gasteiger charge is -2.31. The van der Waals surface area contributed by atoms with Crippen LogP contribution in [0.1, 0.15) is 19.3 Å². The molecule has 0 aromatic heterocycles. The molecule has 5 unspecified atom stereocenters. The number of aliphatic hydroxyl groups is 1. The molecule has 19 heavy (non-hydrogen) atoms. The fourth-order valence-electron chi connectivity index (χ4n) is 4.21. The number of rotatable bonds is 3. The van der Waals surface area contributed by atoms with Crippen molar-refractivity contribution < 1.29 is 19.8 Å².